The SMILES string of the molecule is CCCOc1ccc(C)cc1C(N)CCC. The second kappa shape index (κ2) is 6.54. The molecule has 0 spiro atoms. The van der Waals surface area contributed by atoms with Crippen LogP contribution in [0.25, 0.3) is 0 Å². The Morgan fingerprint density at radius 3 is 2.62 bits per heavy atom. The summed E-state index contributed by atoms with van der Waals surface area (Å²) in [4.78, 5) is 0. The summed E-state index contributed by atoms with van der Waals surface area (Å²) in [5, 5.41) is 0. The highest BCUT2D eigenvalue weighted by atomic mass is 16.5. The molecule has 1 rings (SSSR count). The lowest BCUT2D eigenvalue weighted by Crippen LogP contribution is -2.12. The minimum Gasteiger partial charge on any atom is -0.493 e. The molecule has 1 aromatic rings. The zero-order chi connectivity index (χ0) is 12.0. The van der Waals surface area contributed by atoms with Gasteiger partial charge in [0.1, 0.15) is 5.75 Å². The maximum Gasteiger partial charge on any atom is 0.124 e. The van der Waals surface area contributed by atoms with Crippen LogP contribution in [-0.2, 0) is 0 Å². The molecular formula is C14H23NO. The Bertz CT molecular complexity index is 323. The molecule has 0 amide bonds. The van der Waals surface area contributed by atoms with Crippen molar-refractivity contribution in [2.24, 2.45) is 5.73 Å². The van der Waals surface area contributed by atoms with Gasteiger partial charge in [-0.2, -0.15) is 0 Å². The lowest BCUT2D eigenvalue weighted by Gasteiger charge is -2.17. The van der Waals surface area contributed by atoms with Crippen molar-refractivity contribution in [2.45, 2.75) is 46.1 Å². The summed E-state index contributed by atoms with van der Waals surface area (Å²) in [6.07, 6.45) is 3.13. The molecule has 0 aliphatic rings. The molecule has 0 bridgehead atoms. The van der Waals surface area contributed by atoms with Crippen molar-refractivity contribution in [1.82, 2.24) is 0 Å². The van der Waals surface area contributed by atoms with Crippen molar-refractivity contribution in [3.63, 3.8) is 0 Å². The van der Waals surface area contributed by atoms with Crippen molar-refractivity contribution in [1.29, 1.82) is 0 Å². The molecule has 0 radical (unpaired) electrons. The third kappa shape index (κ3) is 3.53. The normalized spacial score (nSPS) is 12.5. The number of ether oxygens (including phenoxy) is 1. The van der Waals surface area contributed by atoms with Gasteiger partial charge in [-0.25, -0.2) is 0 Å². The van der Waals surface area contributed by atoms with Gasteiger partial charge in [-0.3, -0.25) is 0 Å². The maximum atomic E-state index is 6.17. The lowest BCUT2D eigenvalue weighted by molar-refractivity contribution is 0.311. The molecule has 2 N–H and O–H groups in total. The molecule has 90 valence electrons. The molecule has 16 heavy (non-hydrogen) atoms. The Morgan fingerprint density at radius 2 is 2.00 bits per heavy atom. The summed E-state index contributed by atoms with van der Waals surface area (Å²) >= 11 is 0. The predicted molar refractivity (Wildman–Crippen MR) is 68.8 cm³/mol. The number of rotatable bonds is 6. The molecule has 1 unspecified atom stereocenters. The van der Waals surface area contributed by atoms with Crippen molar-refractivity contribution < 1.29 is 4.74 Å². The first kappa shape index (κ1) is 13.0. The molecule has 2 heteroatoms. The third-order valence-electron chi connectivity index (χ3n) is 2.63. The Labute approximate surface area is 98.8 Å². The topological polar surface area (TPSA) is 35.2 Å². The first-order valence-electron chi connectivity index (χ1n) is 6.18. The fourth-order valence-corrected chi connectivity index (χ4v) is 1.77. The molecule has 0 aliphatic carbocycles. The van der Waals surface area contributed by atoms with E-state index in [4.69, 9.17) is 10.5 Å². The summed E-state index contributed by atoms with van der Waals surface area (Å²) in [5.41, 5.74) is 8.56. The van der Waals surface area contributed by atoms with Gasteiger partial charge >= 0.3 is 0 Å². The molecule has 2 nitrogen and oxygen atoms in total. The highest BCUT2D eigenvalue weighted by molar-refractivity contribution is 5.39. The van der Waals surface area contributed by atoms with Gasteiger partial charge in [-0.05, 0) is 25.8 Å². The average molecular weight is 221 g/mol. The van der Waals surface area contributed by atoms with E-state index in [1.54, 1.807) is 0 Å². The van der Waals surface area contributed by atoms with E-state index in [2.05, 4.69) is 32.9 Å². The maximum absolute atomic E-state index is 6.17. The molecule has 0 aromatic heterocycles. The molecule has 0 saturated heterocycles. The summed E-state index contributed by atoms with van der Waals surface area (Å²) in [6.45, 7) is 7.11. The number of aryl methyl sites for hydroxylation is 1. The van der Waals surface area contributed by atoms with Crippen molar-refractivity contribution >= 4 is 0 Å². The smallest absolute Gasteiger partial charge is 0.124 e. The zero-order valence-electron chi connectivity index (χ0n) is 10.6. The van der Waals surface area contributed by atoms with Crippen LogP contribution in [0.15, 0.2) is 18.2 Å². The number of hydrogen-bond acceptors (Lipinski definition) is 2. The summed E-state index contributed by atoms with van der Waals surface area (Å²) in [6, 6.07) is 6.35. The molecule has 0 aliphatic heterocycles. The molecule has 0 heterocycles. The van der Waals surface area contributed by atoms with E-state index < -0.39 is 0 Å². The molecule has 1 atom stereocenters. The number of nitrogens with two attached hydrogens (primary N) is 1. The van der Waals surface area contributed by atoms with E-state index >= 15 is 0 Å². The van der Waals surface area contributed by atoms with Gasteiger partial charge in [-0.15, -0.1) is 0 Å². The number of benzene rings is 1. The van der Waals surface area contributed by atoms with Gasteiger partial charge in [-0.1, -0.05) is 38.0 Å². The monoisotopic (exact) mass is 221 g/mol. The van der Waals surface area contributed by atoms with Crippen molar-refractivity contribution in [2.75, 3.05) is 6.61 Å². The molecule has 0 saturated carbocycles. The van der Waals surface area contributed by atoms with Crippen LogP contribution in [0.5, 0.6) is 5.75 Å². The Balaban J connectivity index is 2.88. The van der Waals surface area contributed by atoms with E-state index in [0.29, 0.717) is 0 Å². The van der Waals surface area contributed by atoms with Crippen LogP contribution in [0.3, 0.4) is 0 Å². The average Bonchev–Trinajstić information content (AvgIpc) is 2.27. The third-order valence-corrected chi connectivity index (χ3v) is 2.63. The molecule has 1 aromatic carbocycles. The van der Waals surface area contributed by atoms with Crippen LogP contribution in [0, 0.1) is 6.92 Å². The van der Waals surface area contributed by atoms with Crippen LogP contribution in [-0.4, -0.2) is 6.61 Å². The fraction of sp³-hybridized carbons (Fsp3) is 0.571. The Hall–Kier alpha value is -1.02. The Kier molecular flexibility index (Phi) is 5.33. The minimum atomic E-state index is 0.0942. The Morgan fingerprint density at radius 1 is 1.25 bits per heavy atom. The first-order chi connectivity index (χ1) is 7.69. The number of hydrogen-bond donors (Lipinski definition) is 1. The standard InChI is InChI=1S/C14H23NO/c1-4-6-13(15)12-10-11(3)7-8-14(12)16-9-5-2/h7-8,10,13H,4-6,9,15H2,1-3H3. The van der Waals surface area contributed by atoms with Gasteiger partial charge in [0.25, 0.3) is 0 Å². The van der Waals surface area contributed by atoms with Crippen LogP contribution in [0.1, 0.15) is 50.3 Å². The first-order valence-corrected chi connectivity index (χ1v) is 6.18. The van der Waals surface area contributed by atoms with Crippen LogP contribution < -0.4 is 10.5 Å². The van der Waals surface area contributed by atoms with E-state index in [0.717, 1.165) is 37.2 Å². The minimum absolute atomic E-state index is 0.0942. The summed E-state index contributed by atoms with van der Waals surface area (Å²) in [7, 11) is 0. The highest BCUT2D eigenvalue weighted by Gasteiger charge is 2.11. The van der Waals surface area contributed by atoms with Gasteiger partial charge in [0.15, 0.2) is 0 Å². The van der Waals surface area contributed by atoms with Crippen LogP contribution >= 0.6 is 0 Å². The molecular weight excluding hydrogens is 198 g/mol. The fourth-order valence-electron chi connectivity index (χ4n) is 1.77. The van der Waals surface area contributed by atoms with Gasteiger partial charge in [0.05, 0.1) is 6.61 Å². The van der Waals surface area contributed by atoms with Crippen LogP contribution in [0.4, 0.5) is 0 Å². The lowest BCUT2D eigenvalue weighted by atomic mass is 10.0. The van der Waals surface area contributed by atoms with Crippen LogP contribution in [0.2, 0.25) is 0 Å². The van der Waals surface area contributed by atoms with Crippen molar-refractivity contribution in [3.8, 4) is 5.75 Å². The largest absolute Gasteiger partial charge is 0.493 e. The van der Waals surface area contributed by atoms with Crippen molar-refractivity contribution in [3.05, 3.63) is 29.3 Å². The molecule has 0 fully saturated rings. The zero-order valence-corrected chi connectivity index (χ0v) is 10.6. The highest BCUT2D eigenvalue weighted by Crippen LogP contribution is 2.27. The van der Waals surface area contributed by atoms with Gasteiger partial charge in [0, 0.05) is 11.6 Å². The van der Waals surface area contributed by atoms with E-state index in [-0.39, 0.29) is 6.04 Å². The second-order valence-electron chi connectivity index (χ2n) is 4.28. The summed E-state index contributed by atoms with van der Waals surface area (Å²) < 4.78 is 5.73. The summed E-state index contributed by atoms with van der Waals surface area (Å²) in [5.74, 6) is 0.952. The van der Waals surface area contributed by atoms with E-state index in [9.17, 15) is 0 Å². The predicted octanol–water partition coefficient (Wildman–Crippen LogP) is 3.58. The second-order valence-corrected chi connectivity index (χ2v) is 4.28. The van der Waals surface area contributed by atoms with Gasteiger partial charge in [0.2, 0.25) is 0 Å². The van der Waals surface area contributed by atoms with E-state index in [1.165, 1.54) is 5.56 Å². The van der Waals surface area contributed by atoms with Gasteiger partial charge < -0.3 is 10.5 Å². The van der Waals surface area contributed by atoms with E-state index in [1.807, 2.05) is 6.07 Å². The quantitative estimate of drug-likeness (QED) is 0.796.